The normalized spacial score (nSPS) is 9.94. The van der Waals surface area contributed by atoms with Crippen LogP contribution in [0.4, 0.5) is 0 Å². The molecule has 1 aromatic rings. The average molecular weight is 238 g/mol. The first-order valence-corrected chi connectivity index (χ1v) is 5.72. The van der Waals surface area contributed by atoms with Crippen LogP contribution in [-0.4, -0.2) is 23.9 Å². The van der Waals surface area contributed by atoms with Gasteiger partial charge in [-0.15, -0.1) is 0 Å². The van der Waals surface area contributed by atoms with Crippen molar-refractivity contribution in [1.29, 1.82) is 0 Å². The van der Waals surface area contributed by atoms with E-state index < -0.39 is 0 Å². The Morgan fingerprint density at radius 2 is 2.00 bits per heavy atom. The molecule has 1 rings (SSSR count). The standard InChI is InChI=1S/C13H16ClNO/c1-4-10-7-11(9-12(14)8-10)13(16)15(5-2)6-3/h4,7-9H,1,5-6H2,2-3H3. The molecule has 0 bridgehead atoms. The number of rotatable bonds is 4. The van der Waals surface area contributed by atoms with Crippen LogP contribution in [-0.2, 0) is 0 Å². The number of benzene rings is 1. The molecule has 0 saturated carbocycles. The van der Waals surface area contributed by atoms with Gasteiger partial charge in [0.15, 0.2) is 0 Å². The highest BCUT2D eigenvalue weighted by molar-refractivity contribution is 6.31. The molecule has 3 heteroatoms. The van der Waals surface area contributed by atoms with Crippen molar-refractivity contribution in [3.63, 3.8) is 0 Å². The third-order valence-corrected chi connectivity index (χ3v) is 2.67. The molecule has 0 N–H and O–H groups in total. The number of halogens is 1. The maximum absolute atomic E-state index is 12.1. The first kappa shape index (κ1) is 12.8. The molecule has 0 aliphatic heterocycles. The summed E-state index contributed by atoms with van der Waals surface area (Å²) in [4.78, 5) is 13.8. The minimum atomic E-state index is 0.00981. The Morgan fingerprint density at radius 3 is 2.50 bits per heavy atom. The first-order chi connectivity index (χ1) is 7.62. The number of carbonyl (C=O) groups is 1. The highest BCUT2D eigenvalue weighted by Gasteiger charge is 2.13. The largest absolute Gasteiger partial charge is 0.339 e. The molecule has 0 atom stereocenters. The van der Waals surface area contributed by atoms with Crippen molar-refractivity contribution >= 4 is 23.6 Å². The van der Waals surface area contributed by atoms with Crippen LogP contribution >= 0.6 is 11.6 Å². The molecule has 1 aromatic carbocycles. The van der Waals surface area contributed by atoms with Crippen molar-refractivity contribution in [3.8, 4) is 0 Å². The lowest BCUT2D eigenvalue weighted by molar-refractivity contribution is 0.0773. The summed E-state index contributed by atoms with van der Waals surface area (Å²) >= 11 is 5.95. The summed E-state index contributed by atoms with van der Waals surface area (Å²) in [5.74, 6) is 0.00981. The van der Waals surface area contributed by atoms with Gasteiger partial charge in [-0.25, -0.2) is 0 Å². The monoisotopic (exact) mass is 237 g/mol. The highest BCUT2D eigenvalue weighted by atomic mass is 35.5. The Morgan fingerprint density at radius 1 is 1.38 bits per heavy atom. The first-order valence-electron chi connectivity index (χ1n) is 5.34. The molecule has 16 heavy (non-hydrogen) atoms. The molecule has 0 aliphatic rings. The average Bonchev–Trinajstić information content (AvgIpc) is 2.29. The number of hydrogen-bond acceptors (Lipinski definition) is 1. The second kappa shape index (κ2) is 5.71. The molecular weight excluding hydrogens is 222 g/mol. The fraction of sp³-hybridized carbons (Fsp3) is 0.308. The van der Waals surface area contributed by atoms with Gasteiger partial charge in [-0.3, -0.25) is 4.79 Å². The van der Waals surface area contributed by atoms with Gasteiger partial charge in [0.25, 0.3) is 5.91 Å². The molecule has 0 spiro atoms. The Kier molecular flexibility index (Phi) is 4.56. The number of amides is 1. The lowest BCUT2D eigenvalue weighted by Crippen LogP contribution is -2.30. The van der Waals surface area contributed by atoms with Gasteiger partial charge in [0, 0.05) is 23.7 Å². The predicted molar refractivity (Wildman–Crippen MR) is 68.8 cm³/mol. The summed E-state index contributed by atoms with van der Waals surface area (Å²) in [6, 6.07) is 5.28. The Bertz CT molecular complexity index is 397. The van der Waals surface area contributed by atoms with Crippen LogP contribution in [0.3, 0.4) is 0 Å². The zero-order chi connectivity index (χ0) is 12.1. The van der Waals surface area contributed by atoms with Crippen molar-refractivity contribution in [1.82, 2.24) is 4.90 Å². The second-order valence-corrected chi connectivity index (χ2v) is 3.89. The fourth-order valence-corrected chi connectivity index (χ4v) is 1.79. The number of carbonyl (C=O) groups excluding carboxylic acids is 1. The molecule has 86 valence electrons. The summed E-state index contributed by atoms with van der Waals surface area (Å²) < 4.78 is 0. The van der Waals surface area contributed by atoms with Crippen LogP contribution in [0.15, 0.2) is 24.8 Å². The van der Waals surface area contributed by atoms with Gasteiger partial charge in [0.2, 0.25) is 0 Å². The minimum Gasteiger partial charge on any atom is -0.339 e. The van der Waals surface area contributed by atoms with E-state index >= 15 is 0 Å². The van der Waals surface area contributed by atoms with Crippen molar-refractivity contribution in [2.45, 2.75) is 13.8 Å². The second-order valence-electron chi connectivity index (χ2n) is 3.45. The Hall–Kier alpha value is -1.28. The lowest BCUT2D eigenvalue weighted by atomic mass is 10.1. The number of hydrogen-bond donors (Lipinski definition) is 0. The lowest BCUT2D eigenvalue weighted by Gasteiger charge is -2.18. The van der Waals surface area contributed by atoms with E-state index in [1.54, 1.807) is 29.2 Å². The van der Waals surface area contributed by atoms with Crippen molar-refractivity contribution < 1.29 is 4.79 Å². The van der Waals surface area contributed by atoms with Gasteiger partial charge in [-0.05, 0) is 37.6 Å². The zero-order valence-electron chi connectivity index (χ0n) is 9.66. The van der Waals surface area contributed by atoms with Gasteiger partial charge in [0.05, 0.1) is 0 Å². The van der Waals surface area contributed by atoms with Gasteiger partial charge in [-0.1, -0.05) is 24.3 Å². The van der Waals surface area contributed by atoms with Crippen molar-refractivity contribution in [2.24, 2.45) is 0 Å². The van der Waals surface area contributed by atoms with Crippen LogP contribution in [0.5, 0.6) is 0 Å². The van der Waals surface area contributed by atoms with Crippen molar-refractivity contribution in [3.05, 3.63) is 40.9 Å². The topological polar surface area (TPSA) is 20.3 Å². The van der Waals surface area contributed by atoms with E-state index in [0.717, 1.165) is 5.56 Å². The van der Waals surface area contributed by atoms with E-state index in [0.29, 0.717) is 23.7 Å². The quantitative estimate of drug-likeness (QED) is 0.785. The van der Waals surface area contributed by atoms with Crippen molar-refractivity contribution in [2.75, 3.05) is 13.1 Å². The molecule has 0 aliphatic carbocycles. The maximum atomic E-state index is 12.1. The Balaban J connectivity index is 3.07. The van der Waals surface area contributed by atoms with Crippen LogP contribution in [0.1, 0.15) is 29.8 Å². The molecule has 0 unspecified atom stereocenters. The summed E-state index contributed by atoms with van der Waals surface area (Å²) in [5.41, 5.74) is 1.48. The SMILES string of the molecule is C=Cc1cc(Cl)cc(C(=O)N(CC)CC)c1. The maximum Gasteiger partial charge on any atom is 0.253 e. The molecule has 1 amide bonds. The summed E-state index contributed by atoms with van der Waals surface area (Å²) in [7, 11) is 0. The van der Waals surface area contributed by atoms with E-state index in [-0.39, 0.29) is 5.91 Å². The summed E-state index contributed by atoms with van der Waals surface area (Å²) in [5, 5.41) is 0.563. The summed E-state index contributed by atoms with van der Waals surface area (Å²) in [6.07, 6.45) is 1.69. The predicted octanol–water partition coefficient (Wildman–Crippen LogP) is 3.47. The third kappa shape index (κ3) is 2.86. The Labute approximate surface area is 102 Å². The van der Waals surface area contributed by atoms with E-state index in [9.17, 15) is 4.79 Å². The smallest absolute Gasteiger partial charge is 0.253 e. The zero-order valence-corrected chi connectivity index (χ0v) is 10.4. The molecular formula is C13H16ClNO. The van der Waals surface area contributed by atoms with Gasteiger partial charge in [-0.2, -0.15) is 0 Å². The van der Waals surface area contributed by atoms with E-state index in [4.69, 9.17) is 11.6 Å². The molecule has 0 saturated heterocycles. The molecule has 2 nitrogen and oxygen atoms in total. The van der Waals surface area contributed by atoms with E-state index in [1.807, 2.05) is 13.8 Å². The molecule has 0 heterocycles. The highest BCUT2D eigenvalue weighted by Crippen LogP contribution is 2.17. The fourth-order valence-electron chi connectivity index (χ4n) is 1.55. The van der Waals surface area contributed by atoms with E-state index in [2.05, 4.69) is 6.58 Å². The molecule has 0 fully saturated rings. The number of nitrogens with zero attached hydrogens (tertiary/aromatic N) is 1. The minimum absolute atomic E-state index is 0.00981. The van der Waals surface area contributed by atoms with E-state index in [1.165, 1.54) is 0 Å². The van der Waals surface area contributed by atoms with Crippen LogP contribution in [0.25, 0.3) is 6.08 Å². The van der Waals surface area contributed by atoms with Gasteiger partial charge >= 0.3 is 0 Å². The van der Waals surface area contributed by atoms with Crippen LogP contribution in [0.2, 0.25) is 5.02 Å². The van der Waals surface area contributed by atoms with Crippen LogP contribution < -0.4 is 0 Å². The molecule has 0 aromatic heterocycles. The third-order valence-electron chi connectivity index (χ3n) is 2.45. The van der Waals surface area contributed by atoms with Gasteiger partial charge in [0.1, 0.15) is 0 Å². The summed E-state index contributed by atoms with van der Waals surface area (Å²) in [6.45, 7) is 8.99. The van der Waals surface area contributed by atoms with Gasteiger partial charge < -0.3 is 4.90 Å². The van der Waals surface area contributed by atoms with Crippen LogP contribution in [0, 0.1) is 0 Å². The molecule has 0 radical (unpaired) electrons.